The molecule has 0 heterocycles. The minimum atomic E-state index is 0.594. The van der Waals surface area contributed by atoms with Crippen LogP contribution in [-0.4, -0.2) is 29.5 Å². The molecule has 1 aliphatic rings. The summed E-state index contributed by atoms with van der Waals surface area (Å²) in [4.78, 5) is 2.20. The quantitative estimate of drug-likeness (QED) is 0.597. The summed E-state index contributed by atoms with van der Waals surface area (Å²) in [6, 6.07) is 0. The van der Waals surface area contributed by atoms with Crippen LogP contribution in [0.4, 0.5) is 0 Å². The van der Waals surface area contributed by atoms with Crippen molar-refractivity contribution in [3.63, 3.8) is 0 Å². The summed E-state index contributed by atoms with van der Waals surface area (Å²) < 4.78 is 0. The number of nitrogens with one attached hydrogen (secondary N) is 1. The summed E-state index contributed by atoms with van der Waals surface area (Å²) in [6.45, 7) is 20.1. The minimum absolute atomic E-state index is 0.594. The summed E-state index contributed by atoms with van der Waals surface area (Å²) >= 11 is 1.73. The molecule has 3 N–H and O–H groups in total. The molecule has 1 saturated carbocycles. The van der Waals surface area contributed by atoms with Gasteiger partial charge in [0.15, 0.2) is 0 Å². The van der Waals surface area contributed by atoms with Crippen molar-refractivity contribution < 1.29 is 0 Å². The Morgan fingerprint density at radius 1 is 1.26 bits per heavy atom. The molecule has 0 amide bonds. The van der Waals surface area contributed by atoms with Crippen LogP contribution in [0.3, 0.4) is 0 Å². The first-order chi connectivity index (χ1) is 11.0. The second kappa shape index (κ2) is 10.5. The van der Waals surface area contributed by atoms with Crippen molar-refractivity contribution in [3.05, 3.63) is 49.6 Å². The molecule has 130 valence electrons. The van der Waals surface area contributed by atoms with Crippen LogP contribution in [0.15, 0.2) is 49.6 Å². The van der Waals surface area contributed by atoms with Gasteiger partial charge in [-0.2, -0.15) is 0 Å². The highest BCUT2D eigenvalue weighted by atomic mass is 32.2. The van der Waals surface area contributed by atoms with Crippen LogP contribution in [0.2, 0.25) is 0 Å². The maximum Gasteiger partial charge on any atom is 0.0395 e. The molecule has 0 aromatic rings. The van der Waals surface area contributed by atoms with E-state index in [0.717, 1.165) is 36.2 Å². The van der Waals surface area contributed by atoms with Crippen molar-refractivity contribution in [2.24, 2.45) is 17.6 Å². The summed E-state index contributed by atoms with van der Waals surface area (Å²) in [5.41, 5.74) is 8.51. The Hall–Kier alpha value is -1.29. The Kier molecular flexibility index (Phi) is 9.00. The molecule has 0 radical (unpaired) electrons. The predicted octanol–water partition coefficient (Wildman–Crippen LogP) is 4.08. The van der Waals surface area contributed by atoms with E-state index >= 15 is 0 Å². The zero-order valence-electron chi connectivity index (χ0n) is 14.7. The van der Waals surface area contributed by atoms with Gasteiger partial charge in [-0.1, -0.05) is 52.5 Å². The van der Waals surface area contributed by atoms with Gasteiger partial charge < -0.3 is 16.0 Å². The molecule has 23 heavy (non-hydrogen) atoms. The number of thioether (sulfide) groups is 1. The van der Waals surface area contributed by atoms with Gasteiger partial charge >= 0.3 is 0 Å². The van der Waals surface area contributed by atoms with Crippen LogP contribution in [0.1, 0.15) is 32.6 Å². The lowest BCUT2D eigenvalue weighted by Gasteiger charge is -2.35. The van der Waals surface area contributed by atoms with E-state index in [-0.39, 0.29) is 0 Å². The summed E-state index contributed by atoms with van der Waals surface area (Å²) in [5, 5.41) is 3.37. The lowest BCUT2D eigenvalue weighted by atomic mass is 9.78. The Bertz CT molecular complexity index is 430. The molecular weight excluding hydrogens is 302 g/mol. The number of nitrogens with zero attached hydrogens (tertiary/aromatic N) is 1. The second-order valence-corrected chi connectivity index (χ2v) is 7.40. The van der Waals surface area contributed by atoms with Crippen molar-refractivity contribution in [2.45, 2.75) is 32.6 Å². The van der Waals surface area contributed by atoms with Crippen molar-refractivity contribution in [2.75, 3.05) is 24.6 Å². The SMILES string of the molecule is C=CN(CCNC(=C)CSCC(=C)N)C(=C)C1CCCCC1C. The van der Waals surface area contributed by atoms with Crippen molar-refractivity contribution >= 4 is 11.8 Å². The standard InChI is InChI=1S/C19H33N3S/c1-6-22(18(5)19-10-8-7-9-15(19)2)12-11-21-17(4)14-23-13-16(3)20/h6,15,19,21H,1,3-5,7-14,20H2,2H3. The lowest BCUT2D eigenvalue weighted by Crippen LogP contribution is -2.32. The molecule has 1 aliphatic carbocycles. The average Bonchev–Trinajstić information content (AvgIpc) is 2.51. The number of allylic oxidation sites excluding steroid dienone is 1. The normalized spacial score (nSPS) is 20.6. The zero-order valence-corrected chi connectivity index (χ0v) is 15.5. The molecule has 0 aromatic heterocycles. The van der Waals surface area contributed by atoms with Gasteiger partial charge in [0, 0.05) is 47.6 Å². The van der Waals surface area contributed by atoms with E-state index in [4.69, 9.17) is 5.73 Å². The largest absolute Gasteiger partial charge is 0.402 e. The highest BCUT2D eigenvalue weighted by molar-refractivity contribution is 7.99. The molecule has 2 unspecified atom stereocenters. The number of rotatable bonds is 11. The third-order valence-corrected chi connectivity index (χ3v) is 5.55. The van der Waals surface area contributed by atoms with Gasteiger partial charge in [-0.25, -0.2) is 0 Å². The topological polar surface area (TPSA) is 41.3 Å². The van der Waals surface area contributed by atoms with Gasteiger partial charge in [-0.15, -0.1) is 11.8 Å². The van der Waals surface area contributed by atoms with E-state index in [2.05, 4.69) is 43.5 Å². The van der Waals surface area contributed by atoms with Crippen LogP contribution in [-0.2, 0) is 0 Å². The summed E-state index contributed by atoms with van der Waals surface area (Å²) in [6.07, 6.45) is 7.14. The third-order valence-electron chi connectivity index (χ3n) is 4.42. The van der Waals surface area contributed by atoms with Crippen LogP contribution >= 0.6 is 11.8 Å². The maximum absolute atomic E-state index is 5.56. The molecule has 4 heteroatoms. The molecule has 2 atom stereocenters. The predicted molar refractivity (Wildman–Crippen MR) is 105 cm³/mol. The van der Waals surface area contributed by atoms with Gasteiger partial charge in [0.1, 0.15) is 0 Å². The molecule has 1 fully saturated rings. The van der Waals surface area contributed by atoms with E-state index in [9.17, 15) is 0 Å². The average molecular weight is 336 g/mol. The molecule has 0 spiro atoms. The first kappa shape index (κ1) is 19.8. The Balaban J connectivity index is 2.32. The van der Waals surface area contributed by atoms with E-state index in [1.807, 2.05) is 6.20 Å². The first-order valence-electron chi connectivity index (χ1n) is 8.46. The van der Waals surface area contributed by atoms with E-state index in [1.54, 1.807) is 11.8 Å². The number of hydrogen-bond acceptors (Lipinski definition) is 4. The fraction of sp³-hybridized carbons (Fsp3) is 0.579. The molecule has 0 aliphatic heterocycles. The fourth-order valence-corrected chi connectivity index (χ4v) is 3.80. The monoisotopic (exact) mass is 335 g/mol. The molecule has 3 nitrogen and oxygen atoms in total. The van der Waals surface area contributed by atoms with Crippen molar-refractivity contribution in [1.82, 2.24) is 10.2 Å². The Morgan fingerprint density at radius 3 is 2.57 bits per heavy atom. The summed E-state index contributed by atoms with van der Waals surface area (Å²) in [5.74, 6) is 2.94. The Morgan fingerprint density at radius 2 is 1.96 bits per heavy atom. The van der Waals surface area contributed by atoms with Crippen molar-refractivity contribution in [1.29, 1.82) is 0 Å². The maximum atomic E-state index is 5.56. The van der Waals surface area contributed by atoms with Gasteiger partial charge in [0.2, 0.25) is 0 Å². The minimum Gasteiger partial charge on any atom is -0.402 e. The first-order valence-corrected chi connectivity index (χ1v) is 9.61. The van der Waals surface area contributed by atoms with E-state index in [1.165, 1.54) is 31.4 Å². The highest BCUT2D eigenvalue weighted by Crippen LogP contribution is 2.35. The van der Waals surface area contributed by atoms with E-state index < -0.39 is 0 Å². The van der Waals surface area contributed by atoms with Gasteiger partial charge in [-0.3, -0.25) is 0 Å². The zero-order chi connectivity index (χ0) is 17.2. The van der Waals surface area contributed by atoms with E-state index in [0.29, 0.717) is 11.6 Å². The van der Waals surface area contributed by atoms with Crippen molar-refractivity contribution in [3.8, 4) is 0 Å². The fourth-order valence-electron chi connectivity index (χ4n) is 3.09. The Labute approximate surface area is 146 Å². The number of hydrogen-bond donors (Lipinski definition) is 2. The van der Waals surface area contributed by atoms with Crippen LogP contribution in [0.25, 0.3) is 0 Å². The smallest absolute Gasteiger partial charge is 0.0395 e. The third kappa shape index (κ3) is 7.21. The molecule has 0 bridgehead atoms. The molecule has 0 aromatic carbocycles. The van der Waals surface area contributed by atoms with Crippen LogP contribution < -0.4 is 11.1 Å². The van der Waals surface area contributed by atoms with Gasteiger partial charge in [0.25, 0.3) is 0 Å². The van der Waals surface area contributed by atoms with Gasteiger partial charge in [-0.05, 0) is 18.5 Å². The number of nitrogens with two attached hydrogens (primary N) is 1. The van der Waals surface area contributed by atoms with Crippen LogP contribution in [0, 0.1) is 11.8 Å². The second-order valence-electron chi connectivity index (χ2n) is 6.42. The highest BCUT2D eigenvalue weighted by Gasteiger charge is 2.25. The molecule has 0 saturated heterocycles. The van der Waals surface area contributed by atoms with Crippen LogP contribution in [0.5, 0.6) is 0 Å². The van der Waals surface area contributed by atoms with Gasteiger partial charge in [0.05, 0.1) is 0 Å². The molecule has 1 rings (SSSR count). The lowest BCUT2D eigenvalue weighted by molar-refractivity contribution is 0.248. The summed E-state index contributed by atoms with van der Waals surface area (Å²) in [7, 11) is 0. The molecular formula is C19H33N3S.